The van der Waals surface area contributed by atoms with E-state index >= 15 is 0 Å². The van der Waals surface area contributed by atoms with Gasteiger partial charge in [0.2, 0.25) is 0 Å². The van der Waals surface area contributed by atoms with Crippen LogP contribution in [0.5, 0.6) is 0 Å². The van der Waals surface area contributed by atoms with Crippen LogP contribution in [-0.2, 0) is 4.74 Å². The fourth-order valence-corrected chi connectivity index (χ4v) is 2.48. The first-order valence-electron chi connectivity index (χ1n) is 6.12. The zero-order valence-electron chi connectivity index (χ0n) is 10.8. The summed E-state index contributed by atoms with van der Waals surface area (Å²) < 4.78 is 5.26. The molecule has 100 valence electrons. The molecule has 1 saturated heterocycles. The Morgan fingerprint density at radius 1 is 1.35 bits per heavy atom. The van der Waals surface area contributed by atoms with Crippen molar-refractivity contribution in [3.63, 3.8) is 0 Å². The molecule has 1 aliphatic carbocycles. The highest BCUT2D eigenvalue weighted by molar-refractivity contribution is 5.85. The topological polar surface area (TPSA) is 50.4 Å². The van der Waals surface area contributed by atoms with Crippen LogP contribution >= 0.6 is 12.4 Å². The SMILES string of the molecule is CC(C)(C)OC(=O)NC1CC12CCNCC2.Cl. The van der Waals surface area contributed by atoms with Crippen molar-refractivity contribution in [1.82, 2.24) is 10.6 Å². The highest BCUT2D eigenvalue weighted by atomic mass is 35.5. The van der Waals surface area contributed by atoms with E-state index in [9.17, 15) is 4.79 Å². The Morgan fingerprint density at radius 2 is 1.94 bits per heavy atom. The van der Waals surface area contributed by atoms with Gasteiger partial charge in [-0.3, -0.25) is 0 Å². The van der Waals surface area contributed by atoms with Crippen LogP contribution in [0.25, 0.3) is 0 Å². The number of hydrogen-bond donors (Lipinski definition) is 2. The smallest absolute Gasteiger partial charge is 0.407 e. The van der Waals surface area contributed by atoms with Gasteiger partial charge in [0.05, 0.1) is 0 Å². The van der Waals surface area contributed by atoms with E-state index in [4.69, 9.17) is 4.74 Å². The fraction of sp³-hybridized carbons (Fsp3) is 0.917. The van der Waals surface area contributed by atoms with Crippen molar-refractivity contribution in [3.05, 3.63) is 0 Å². The Hall–Kier alpha value is -0.480. The van der Waals surface area contributed by atoms with Crippen molar-refractivity contribution in [2.75, 3.05) is 13.1 Å². The number of rotatable bonds is 1. The van der Waals surface area contributed by atoms with E-state index in [0.29, 0.717) is 11.5 Å². The zero-order valence-corrected chi connectivity index (χ0v) is 11.7. The van der Waals surface area contributed by atoms with Crippen molar-refractivity contribution >= 4 is 18.5 Å². The predicted octanol–water partition coefficient (Wildman–Crippen LogP) is 2.08. The van der Waals surface area contributed by atoms with Crippen LogP contribution in [0.3, 0.4) is 0 Å². The van der Waals surface area contributed by atoms with Gasteiger partial charge in [-0.2, -0.15) is 0 Å². The maximum Gasteiger partial charge on any atom is 0.407 e. The monoisotopic (exact) mass is 262 g/mol. The molecule has 0 aromatic carbocycles. The number of carbonyl (C=O) groups excluding carboxylic acids is 1. The lowest BCUT2D eigenvalue weighted by Crippen LogP contribution is -2.38. The number of carbonyl (C=O) groups is 1. The zero-order chi connectivity index (χ0) is 11.8. The quantitative estimate of drug-likeness (QED) is 0.761. The van der Waals surface area contributed by atoms with Gasteiger partial charge < -0.3 is 15.4 Å². The second-order valence-corrected chi connectivity index (χ2v) is 6.02. The summed E-state index contributed by atoms with van der Waals surface area (Å²) in [5, 5.41) is 6.33. The molecule has 0 bridgehead atoms. The van der Waals surface area contributed by atoms with Gasteiger partial charge in [0.25, 0.3) is 0 Å². The molecule has 4 nitrogen and oxygen atoms in total. The standard InChI is InChI=1S/C12H22N2O2.ClH/c1-11(2,3)16-10(15)14-9-8-12(9)4-6-13-7-5-12;/h9,13H,4-8H2,1-3H3,(H,14,15);1H. The van der Waals surface area contributed by atoms with Gasteiger partial charge in [-0.1, -0.05) is 0 Å². The molecular formula is C12H23ClN2O2. The summed E-state index contributed by atoms with van der Waals surface area (Å²) in [4.78, 5) is 11.6. The molecule has 17 heavy (non-hydrogen) atoms. The highest BCUT2D eigenvalue weighted by Gasteiger charge is 2.54. The molecule has 1 aliphatic heterocycles. The molecule has 0 aromatic heterocycles. The Morgan fingerprint density at radius 3 is 2.47 bits per heavy atom. The molecule has 1 spiro atoms. The molecule has 2 aliphatic rings. The molecule has 1 heterocycles. The Balaban J connectivity index is 0.00000144. The van der Waals surface area contributed by atoms with Crippen molar-refractivity contribution in [2.45, 2.75) is 51.7 Å². The number of piperidine rings is 1. The highest BCUT2D eigenvalue weighted by Crippen LogP contribution is 2.52. The van der Waals surface area contributed by atoms with Crippen molar-refractivity contribution in [3.8, 4) is 0 Å². The number of halogens is 1. The summed E-state index contributed by atoms with van der Waals surface area (Å²) in [5.41, 5.74) is -0.0254. The second kappa shape index (κ2) is 5.02. The molecule has 0 aromatic rings. The molecule has 1 saturated carbocycles. The number of ether oxygens (including phenoxy) is 1. The maximum atomic E-state index is 11.6. The largest absolute Gasteiger partial charge is 0.444 e. The van der Waals surface area contributed by atoms with Gasteiger partial charge in [-0.15, -0.1) is 12.4 Å². The first-order valence-corrected chi connectivity index (χ1v) is 6.12. The second-order valence-electron chi connectivity index (χ2n) is 6.02. The van der Waals surface area contributed by atoms with Gasteiger partial charge in [-0.05, 0) is 58.5 Å². The summed E-state index contributed by atoms with van der Waals surface area (Å²) in [6.07, 6.45) is 3.20. The van der Waals surface area contributed by atoms with E-state index in [1.807, 2.05) is 20.8 Å². The molecular weight excluding hydrogens is 240 g/mol. The van der Waals surface area contributed by atoms with E-state index < -0.39 is 5.60 Å². The minimum Gasteiger partial charge on any atom is -0.444 e. The third kappa shape index (κ3) is 3.75. The number of hydrogen-bond acceptors (Lipinski definition) is 3. The summed E-state index contributed by atoms with van der Waals surface area (Å²) in [5.74, 6) is 0. The molecule has 1 atom stereocenters. The number of amides is 1. The minimum atomic E-state index is -0.403. The van der Waals surface area contributed by atoms with E-state index in [-0.39, 0.29) is 18.5 Å². The fourth-order valence-electron chi connectivity index (χ4n) is 2.48. The summed E-state index contributed by atoms with van der Waals surface area (Å²) in [6, 6.07) is 0.337. The lowest BCUT2D eigenvalue weighted by molar-refractivity contribution is 0.0513. The van der Waals surface area contributed by atoms with Gasteiger partial charge in [0.15, 0.2) is 0 Å². The van der Waals surface area contributed by atoms with Crippen LogP contribution < -0.4 is 10.6 Å². The van der Waals surface area contributed by atoms with Crippen LogP contribution in [0.1, 0.15) is 40.0 Å². The molecule has 2 N–H and O–H groups in total. The molecule has 5 heteroatoms. The van der Waals surface area contributed by atoms with Crippen LogP contribution in [-0.4, -0.2) is 30.8 Å². The van der Waals surface area contributed by atoms with Crippen LogP contribution in [0.4, 0.5) is 4.79 Å². The van der Waals surface area contributed by atoms with Crippen molar-refractivity contribution in [1.29, 1.82) is 0 Å². The molecule has 2 fully saturated rings. The predicted molar refractivity (Wildman–Crippen MR) is 69.6 cm³/mol. The summed E-state index contributed by atoms with van der Waals surface area (Å²) in [6.45, 7) is 7.82. The molecule has 1 amide bonds. The van der Waals surface area contributed by atoms with Crippen molar-refractivity contribution < 1.29 is 9.53 Å². The Kier molecular flexibility index (Phi) is 4.31. The minimum absolute atomic E-state index is 0. The third-order valence-corrected chi connectivity index (χ3v) is 3.48. The Labute approximate surface area is 109 Å². The lowest BCUT2D eigenvalue weighted by Gasteiger charge is -2.24. The molecule has 0 radical (unpaired) electrons. The van der Waals surface area contributed by atoms with E-state index in [1.54, 1.807) is 0 Å². The first kappa shape index (κ1) is 14.6. The van der Waals surface area contributed by atoms with Crippen LogP contribution in [0, 0.1) is 5.41 Å². The van der Waals surface area contributed by atoms with Gasteiger partial charge in [0, 0.05) is 6.04 Å². The van der Waals surface area contributed by atoms with Crippen molar-refractivity contribution in [2.24, 2.45) is 5.41 Å². The van der Waals surface area contributed by atoms with E-state index in [0.717, 1.165) is 19.5 Å². The van der Waals surface area contributed by atoms with E-state index in [1.165, 1.54) is 12.8 Å². The number of nitrogens with one attached hydrogen (secondary N) is 2. The van der Waals surface area contributed by atoms with Gasteiger partial charge >= 0.3 is 6.09 Å². The summed E-state index contributed by atoms with van der Waals surface area (Å²) >= 11 is 0. The average molecular weight is 263 g/mol. The lowest BCUT2D eigenvalue weighted by atomic mass is 9.94. The maximum absolute atomic E-state index is 11.6. The third-order valence-electron chi connectivity index (χ3n) is 3.48. The Bertz CT molecular complexity index is 283. The van der Waals surface area contributed by atoms with Crippen LogP contribution in [0.15, 0.2) is 0 Å². The van der Waals surface area contributed by atoms with Crippen LogP contribution in [0.2, 0.25) is 0 Å². The average Bonchev–Trinajstić information content (AvgIpc) is 2.75. The normalized spacial score (nSPS) is 25.9. The van der Waals surface area contributed by atoms with Gasteiger partial charge in [0.1, 0.15) is 5.60 Å². The first-order chi connectivity index (χ1) is 7.41. The molecule has 2 rings (SSSR count). The number of alkyl carbamates (subject to hydrolysis) is 1. The molecule has 1 unspecified atom stereocenters. The van der Waals surface area contributed by atoms with Gasteiger partial charge in [-0.25, -0.2) is 4.79 Å². The summed E-state index contributed by atoms with van der Waals surface area (Å²) in [7, 11) is 0. The van der Waals surface area contributed by atoms with E-state index in [2.05, 4.69) is 10.6 Å².